The summed E-state index contributed by atoms with van der Waals surface area (Å²) < 4.78 is 49.9. The topological polar surface area (TPSA) is 80.5 Å². The summed E-state index contributed by atoms with van der Waals surface area (Å²) in [6, 6.07) is 3.17. The van der Waals surface area contributed by atoms with Crippen LogP contribution in [0.15, 0.2) is 12.1 Å². The molecule has 3 rings (SSSR count). The minimum absolute atomic E-state index is 0.00357. The largest absolute Gasteiger partial charge is 0.353 e. The average Bonchev–Trinajstić information content (AvgIpc) is 2.85. The summed E-state index contributed by atoms with van der Waals surface area (Å²) in [7, 11) is -3.18. The van der Waals surface area contributed by atoms with Gasteiger partial charge in [0.05, 0.1) is 10.5 Å². The molecule has 120 valence electrons. The van der Waals surface area contributed by atoms with E-state index in [1.54, 1.807) is 24.8 Å². The molecule has 0 unspecified atom stereocenters. The van der Waals surface area contributed by atoms with E-state index in [9.17, 15) is 17.2 Å². The molecule has 0 saturated carbocycles. The Bertz CT molecular complexity index is 818. The SMILES string of the molecule is CC1(C)CN(c2ccc3nnc(C(F)F)n3n2)CCS1(=O)=O. The number of fused-ring (bicyclic) bond motifs is 1. The second kappa shape index (κ2) is 4.83. The first-order valence-electron chi connectivity index (χ1n) is 6.69. The van der Waals surface area contributed by atoms with Crippen LogP contribution in [0, 0.1) is 0 Å². The quantitative estimate of drug-likeness (QED) is 0.819. The smallest absolute Gasteiger partial charge is 0.299 e. The molecule has 2 aromatic heterocycles. The average molecular weight is 331 g/mol. The molecule has 0 radical (unpaired) electrons. The van der Waals surface area contributed by atoms with Crippen molar-refractivity contribution >= 4 is 21.3 Å². The van der Waals surface area contributed by atoms with Crippen molar-refractivity contribution in [2.24, 2.45) is 0 Å². The molecule has 22 heavy (non-hydrogen) atoms. The van der Waals surface area contributed by atoms with Crippen LogP contribution < -0.4 is 4.90 Å². The predicted octanol–water partition coefficient (Wildman–Crippen LogP) is 1.08. The second-order valence-electron chi connectivity index (χ2n) is 5.82. The van der Waals surface area contributed by atoms with Crippen LogP contribution >= 0.6 is 0 Å². The second-order valence-corrected chi connectivity index (χ2v) is 8.56. The van der Waals surface area contributed by atoms with E-state index in [2.05, 4.69) is 15.3 Å². The molecule has 7 nitrogen and oxygen atoms in total. The summed E-state index contributed by atoms with van der Waals surface area (Å²) in [4.78, 5) is 1.77. The van der Waals surface area contributed by atoms with Crippen LogP contribution in [0.5, 0.6) is 0 Å². The third-order valence-electron chi connectivity index (χ3n) is 3.84. The minimum Gasteiger partial charge on any atom is -0.353 e. The van der Waals surface area contributed by atoms with Gasteiger partial charge < -0.3 is 4.90 Å². The van der Waals surface area contributed by atoms with Crippen molar-refractivity contribution in [2.75, 3.05) is 23.7 Å². The summed E-state index contributed by atoms with van der Waals surface area (Å²) in [5.41, 5.74) is 0.225. The molecule has 1 saturated heterocycles. The lowest BCUT2D eigenvalue weighted by Gasteiger charge is -2.38. The summed E-state index contributed by atoms with van der Waals surface area (Å²) in [5.74, 6) is -0.0956. The van der Waals surface area contributed by atoms with E-state index in [1.165, 1.54) is 6.07 Å². The molecule has 2 aromatic rings. The summed E-state index contributed by atoms with van der Waals surface area (Å²) >= 11 is 0. The van der Waals surface area contributed by atoms with Crippen LogP contribution in [0.1, 0.15) is 26.1 Å². The molecule has 0 aromatic carbocycles. The number of nitrogens with zero attached hydrogens (tertiary/aromatic N) is 5. The maximum absolute atomic E-state index is 12.9. The summed E-state index contributed by atoms with van der Waals surface area (Å²) in [5, 5.41) is 11.2. The Balaban J connectivity index is 1.99. The molecule has 10 heteroatoms. The predicted molar refractivity (Wildman–Crippen MR) is 75.8 cm³/mol. The lowest BCUT2D eigenvalue weighted by Crippen LogP contribution is -2.53. The monoisotopic (exact) mass is 331 g/mol. The Kier molecular flexibility index (Phi) is 3.31. The van der Waals surface area contributed by atoms with Crippen molar-refractivity contribution in [3.8, 4) is 0 Å². The van der Waals surface area contributed by atoms with Gasteiger partial charge >= 0.3 is 0 Å². The van der Waals surface area contributed by atoms with Crippen LogP contribution in [0.2, 0.25) is 0 Å². The van der Waals surface area contributed by atoms with E-state index >= 15 is 0 Å². The number of halogens is 2. The lowest BCUT2D eigenvalue weighted by atomic mass is 10.2. The van der Waals surface area contributed by atoms with Gasteiger partial charge in [-0.15, -0.1) is 15.3 Å². The van der Waals surface area contributed by atoms with Gasteiger partial charge in [0.15, 0.2) is 15.5 Å². The number of hydrogen-bond donors (Lipinski definition) is 0. The highest BCUT2D eigenvalue weighted by Gasteiger charge is 2.40. The first kappa shape index (κ1) is 15.1. The van der Waals surface area contributed by atoms with Gasteiger partial charge in [-0.2, -0.15) is 4.52 Å². The fraction of sp³-hybridized carbons (Fsp3) is 0.583. The van der Waals surface area contributed by atoms with Crippen molar-refractivity contribution in [1.29, 1.82) is 0 Å². The van der Waals surface area contributed by atoms with E-state index in [0.29, 0.717) is 5.82 Å². The van der Waals surface area contributed by atoms with Crippen LogP contribution in [-0.2, 0) is 9.84 Å². The van der Waals surface area contributed by atoms with E-state index in [-0.39, 0.29) is 24.5 Å². The highest BCUT2D eigenvalue weighted by molar-refractivity contribution is 7.92. The number of anilines is 1. The fourth-order valence-electron chi connectivity index (χ4n) is 2.44. The third-order valence-corrected chi connectivity index (χ3v) is 6.37. The van der Waals surface area contributed by atoms with Gasteiger partial charge in [-0.05, 0) is 26.0 Å². The molecule has 3 heterocycles. The van der Waals surface area contributed by atoms with Gasteiger partial charge in [0.25, 0.3) is 6.43 Å². The molecule has 1 aliphatic heterocycles. The number of sulfone groups is 1. The zero-order valence-corrected chi connectivity index (χ0v) is 12.9. The van der Waals surface area contributed by atoms with Crippen molar-refractivity contribution in [3.63, 3.8) is 0 Å². The molecular formula is C12H15F2N5O2S. The zero-order valence-electron chi connectivity index (χ0n) is 12.1. The minimum atomic E-state index is -3.18. The Morgan fingerprint density at radius 2 is 2.00 bits per heavy atom. The molecule has 0 atom stereocenters. The lowest BCUT2D eigenvalue weighted by molar-refractivity contribution is 0.137. The molecule has 0 aliphatic carbocycles. The Labute approximate surface area is 125 Å². The number of hydrogen-bond acceptors (Lipinski definition) is 6. The molecule has 0 amide bonds. The highest BCUT2D eigenvalue weighted by atomic mass is 32.2. The van der Waals surface area contributed by atoms with E-state index in [1.807, 2.05) is 0 Å². The first-order chi connectivity index (χ1) is 10.2. The van der Waals surface area contributed by atoms with Gasteiger partial charge in [0.2, 0.25) is 5.82 Å². The Morgan fingerprint density at radius 3 is 2.64 bits per heavy atom. The highest BCUT2D eigenvalue weighted by Crippen LogP contribution is 2.27. The number of rotatable bonds is 2. The Morgan fingerprint density at radius 1 is 1.27 bits per heavy atom. The van der Waals surface area contributed by atoms with Crippen LogP contribution in [0.3, 0.4) is 0 Å². The van der Waals surface area contributed by atoms with Gasteiger partial charge in [-0.1, -0.05) is 0 Å². The van der Waals surface area contributed by atoms with Crippen molar-refractivity contribution in [3.05, 3.63) is 18.0 Å². The molecule has 0 spiro atoms. The van der Waals surface area contributed by atoms with E-state index in [4.69, 9.17) is 0 Å². The number of alkyl halides is 2. The van der Waals surface area contributed by atoms with E-state index in [0.717, 1.165) is 4.52 Å². The van der Waals surface area contributed by atoms with Gasteiger partial charge in [-0.3, -0.25) is 0 Å². The van der Waals surface area contributed by atoms with E-state index < -0.39 is 26.8 Å². The molecule has 0 N–H and O–H groups in total. The molecule has 1 aliphatic rings. The standard InChI is InChI=1S/C12H15F2N5O2S/c1-12(2)7-18(5-6-22(12,20)21)9-4-3-8-15-16-11(10(13)14)19(8)17-9/h3-4,10H,5-7H2,1-2H3. The Hall–Kier alpha value is -1.84. The fourth-order valence-corrected chi connectivity index (χ4v) is 3.81. The summed E-state index contributed by atoms with van der Waals surface area (Å²) in [6.45, 7) is 3.82. The van der Waals surface area contributed by atoms with Crippen LogP contribution in [0.4, 0.5) is 14.6 Å². The normalized spacial score (nSPS) is 20.7. The molecule has 1 fully saturated rings. The zero-order chi connectivity index (χ0) is 16.1. The maximum Gasteiger partial charge on any atom is 0.299 e. The van der Waals surface area contributed by atoms with Gasteiger partial charge in [0.1, 0.15) is 5.82 Å². The molecular weight excluding hydrogens is 316 g/mol. The van der Waals surface area contributed by atoms with Crippen LogP contribution in [-0.4, -0.2) is 51.8 Å². The molecule has 0 bridgehead atoms. The van der Waals surface area contributed by atoms with Crippen LogP contribution in [0.25, 0.3) is 5.65 Å². The third kappa shape index (κ3) is 2.31. The maximum atomic E-state index is 12.9. The van der Waals surface area contributed by atoms with Crippen molar-refractivity contribution < 1.29 is 17.2 Å². The first-order valence-corrected chi connectivity index (χ1v) is 8.34. The number of aromatic nitrogens is 4. The summed E-state index contributed by atoms with van der Waals surface area (Å²) in [6.07, 6.45) is -2.78. The van der Waals surface area contributed by atoms with Crippen molar-refractivity contribution in [2.45, 2.75) is 25.0 Å². The van der Waals surface area contributed by atoms with Crippen molar-refractivity contribution in [1.82, 2.24) is 19.8 Å². The van der Waals surface area contributed by atoms with Gasteiger partial charge in [-0.25, -0.2) is 17.2 Å². The van der Waals surface area contributed by atoms with Gasteiger partial charge in [0, 0.05) is 13.1 Å².